The van der Waals surface area contributed by atoms with Gasteiger partial charge in [-0.1, -0.05) is 30.7 Å². The maximum atomic E-state index is 14.5. The molecule has 0 saturated carbocycles. The summed E-state index contributed by atoms with van der Waals surface area (Å²) in [6, 6.07) is 9.58. The molecule has 0 aliphatic carbocycles. The van der Waals surface area contributed by atoms with Gasteiger partial charge in [-0.15, -0.1) is 0 Å². The summed E-state index contributed by atoms with van der Waals surface area (Å²) < 4.78 is 35.9. The number of hydrogen-bond acceptors (Lipinski definition) is 5. The number of fused-ring (bicyclic) bond motifs is 1. The largest absolute Gasteiger partial charge is 0.487 e. The van der Waals surface area contributed by atoms with Crippen LogP contribution in [0.15, 0.2) is 48.8 Å². The normalized spacial score (nSPS) is 15.3. The van der Waals surface area contributed by atoms with E-state index in [9.17, 15) is 13.6 Å². The van der Waals surface area contributed by atoms with Crippen LogP contribution in [0.3, 0.4) is 0 Å². The lowest BCUT2D eigenvalue weighted by molar-refractivity contribution is -0.138. The van der Waals surface area contributed by atoms with E-state index < -0.39 is 11.6 Å². The summed E-state index contributed by atoms with van der Waals surface area (Å²) in [5.41, 5.74) is 3.16. The van der Waals surface area contributed by atoms with Gasteiger partial charge in [0, 0.05) is 29.7 Å². The van der Waals surface area contributed by atoms with E-state index in [0.29, 0.717) is 46.9 Å². The molecule has 7 nitrogen and oxygen atoms in total. The molecule has 2 aromatic heterocycles. The smallest absolute Gasteiger partial charge is 0.237 e. The number of para-hydroxylation sites is 1. The summed E-state index contributed by atoms with van der Waals surface area (Å²) in [5, 5.41) is 5.05. The van der Waals surface area contributed by atoms with Crippen molar-refractivity contribution in [1.82, 2.24) is 24.6 Å². The lowest BCUT2D eigenvalue weighted by Crippen LogP contribution is -2.50. The van der Waals surface area contributed by atoms with Gasteiger partial charge in [-0.3, -0.25) is 9.69 Å². The molecule has 198 valence electrons. The molecular weight excluding hydrogens is 512 g/mol. The number of ether oxygens (including phenoxy) is 1. The Hall–Kier alpha value is -3.56. The summed E-state index contributed by atoms with van der Waals surface area (Å²) >= 11 is 6.52. The van der Waals surface area contributed by atoms with Crippen LogP contribution in [-0.4, -0.2) is 56.7 Å². The zero-order valence-electron chi connectivity index (χ0n) is 21.4. The molecule has 0 bridgehead atoms. The molecule has 1 saturated heterocycles. The van der Waals surface area contributed by atoms with Crippen molar-refractivity contribution >= 4 is 28.4 Å². The summed E-state index contributed by atoms with van der Waals surface area (Å²) in [6.07, 6.45) is 2.45. The van der Waals surface area contributed by atoms with Gasteiger partial charge in [-0.25, -0.2) is 18.4 Å². The topological polar surface area (TPSA) is 63.5 Å². The van der Waals surface area contributed by atoms with Gasteiger partial charge in [-0.2, -0.15) is 5.10 Å². The van der Waals surface area contributed by atoms with Gasteiger partial charge in [0.25, 0.3) is 0 Å². The van der Waals surface area contributed by atoms with Gasteiger partial charge in [0.05, 0.1) is 35.7 Å². The summed E-state index contributed by atoms with van der Waals surface area (Å²) in [6.45, 7) is 8.22. The lowest BCUT2D eigenvalue weighted by atomic mass is 9.99. The van der Waals surface area contributed by atoms with Crippen LogP contribution < -0.4 is 4.74 Å². The molecule has 5 rings (SSSR count). The Labute approximate surface area is 224 Å². The molecule has 0 spiro atoms. The van der Waals surface area contributed by atoms with E-state index in [0.717, 1.165) is 24.7 Å². The third-order valence-electron chi connectivity index (χ3n) is 6.97. The predicted octanol–water partition coefficient (Wildman–Crippen LogP) is 5.46. The fraction of sp³-hybridized carbons (Fsp3) is 0.321. The lowest BCUT2D eigenvalue weighted by Gasteiger charge is -2.38. The molecule has 0 N–H and O–H groups in total. The van der Waals surface area contributed by atoms with E-state index in [2.05, 4.69) is 15.0 Å². The number of hydrogen-bond donors (Lipinski definition) is 0. The van der Waals surface area contributed by atoms with Gasteiger partial charge in [0.15, 0.2) is 5.82 Å². The molecule has 1 aliphatic heterocycles. The highest BCUT2D eigenvalue weighted by Gasteiger charge is 2.29. The molecular formula is C28H28ClF2N5O2. The number of aromatic nitrogens is 3. The molecule has 10 heteroatoms. The van der Waals surface area contributed by atoms with Crippen LogP contribution in [-0.2, 0) is 11.4 Å². The molecule has 1 amide bonds. The van der Waals surface area contributed by atoms with Gasteiger partial charge < -0.3 is 9.64 Å². The van der Waals surface area contributed by atoms with Crippen molar-refractivity contribution in [3.05, 3.63) is 82.3 Å². The number of likely N-dealkylation sites (N-methyl/N-ethyl adjacent to an activating group) is 1. The molecule has 0 unspecified atom stereocenters. The summed E-state index contributed by atoms with van der Waals surface area (Å²) in [4.78, 5) is 21.4. The second-order valence-corrected chi connectivity index (χ2v) is 9.82. The van der Waals surface area contributed by atoms with E-state index >= 15 is 0 Å². The summed E-state index contributed by atoms with van der Waals surface area (Å²) in [7, 11) is 0. The number of piperazine rings is 1. The number of carbonyl (C=O) groups is 1. The van der Waals surface area contributed by atoms with Crippen LogP contribution in [0, 0.1) is 18.6 Å². The average Bonchev–Trinajstić information content (AvgIpc) is 3.33. The van der Waals surface area contributed by atoms with Crippen LogP contribution in [0.5, 0.6) is 5.75 Å². The maximum Gasteiger partial charge on any atom is 0.237 e. The Balaban J connectivity index is 1.48. The first-order valence-corrected chi connectivity index (χ1v) is 12.9. The van der Waals surface area contributed by atoms with E-state index in [1.165, 1.54) is 23.0 Å². The number of halogens is 3. The summed E-state index contributed by atoms with van der Waals surface area (Å²) in [5.74, 6) is -0.429. The van der Waals surface area contributed by atoms with E-state index in [4.69, 9.17) is 16.3 Å². The maximum absolute atomic E-state index is 14.5. The predicted molar refractivity (Wildman–Crippen MR) is 142 cm³/mol. The molecule has 1 aliphatic rings. The number of rotatable bonds is 7. The fourth-order valence-corrected chi connectivity index (χ4v) is 5.22. The van der Waals surface area contributed by atoms with Gasteiger partial charge in [0.2, 0.25) is 5.91 Å². The Morgan fingerprint density at radius 3 is 2.68 bits per heavy atom. The first kappa shape index (κ1) is 26.1. The van der Waals surface area contributed by atoms with Crippen LogP contribution in [0.25, 0.3) is 16.6 Å². The molecule has 1 atom stereocenters. The fourth-order valence-electron chi connectivity index (χ4n) is 4.95. The van der Waals surface area contributed by atoms with Gasteiger partial charge in [-0.05, 0) is 50.2 Å². The first-order chi connectivity index (χ1) is 18.2. The highest BCUT2D eigenvalue weighted by molar-refractivity contribution is 6.31. The molecule has 2 aromatic carbocycles. The average molecular weight is 540 g/mol. The monoisotopic (exact) mass is 539 g/mol. The quantitative estimate of drug-likeness (QED) is 0.312. The molecule has 1 fully saturated rings. The van der Waals surface area contributed by atoms with Crippen molar-refractivity contribution in [2.24, 2.45) is 0 Å². The van der Waals surface area contributed by atoms with Crippen molar-refractivity contribution < 1.29 is 18.3 Å². The minimum absolute atomic E-state index is 0.00540. The van der Waals surface area contributed by atoms with E-state index in [-0.39, 0.29) is 23.6 Å². The van der Waals surface area contributed by atoms with Crippen LogP contribution in [0.2, 0.25) is 5.02 Å². The van der Waals surface area contributed by atoms with E-state index in [1.54, 1.807) is 11.0 Å². The third kappa shape index (κ3) is 5.08. The van der Waals surface area contributed by atoms with Crippen molar-refractivity contribution in [1.29, 1.82) is 0 Å². The first-order valence-electron chi connectivity index (χ1n) is 12.5. The SMILES string of the molecule is CCN1CCN([C@@H](C)c2cc(F)cc(Cl)c2COc2cccc3c(-n4cc(F)cn4)cc(C)nc23)C(=O)C1. The Morgan fingerprint density at radius 2 is 1.97 bits per heavy atom. The van der Waals surface area contributed by atoms with Crippen molar-refractivity contribution in [2.45, 2.75) is 33.4 Å². The number of pyridine rings is 1. The zero-order valence-corrected chi connectivity index (χ0v) is 22.2. The van der Waals surface area contributed by atoms with Crippen molar-refractivity contribution in [3.8, 4) is 11.4 Å². The molecule has 4 aromatic rings. The van der Waals surface area contributed by atoms with Crippen molar-refractivity contribution in [3.63, 3.8) is 0 Å². The Kier molecular flexibility index (Phi) is 7.32. The van der Waals surface area contributed by atoms with Crippen LogP contribution in [0.4, 0.5) is 8.78 Å². The van der Waals surface area contributed by atoms with Gasteiger partial charge >= 0.3 is 0 Å². The van der Waals surface area contributed by atoms with Gasteiger partial charge in [0.1, 0.15) is 23.7 Å². The van der Waals surface area contributed by atoms with E-state index in [1.807, 2.05) is 39.0 Å². The number of amides is 1. The highest BCUT2D eigenvalue weighted by atomic mass is 35.5. The second-order valence-electron chi connectivity index (χ2n) is 9.41. The number of benzene rings is 2. The number of aryl methyl sites for hydroxylation is 1. The molecule has 0 radical (unpaired) electrons. The highest BCUT2D eigenvalue weighted by Crippen LogP contribution is 2.34. The van der Waals surface area contributed by atoms with Crippen molar-refractivity contribution in [2.75, 3.05) is 26.2 Å². The third-order valence-corrected chi connectivity index (χ3v) is 7.31. The zero-order chi connectivity index (χ0) is 27.0. The standard InChI is InChI=1S/C28H28ClF2N5O2/c1-4-34-8-9-35(27(37)15-34)18(3)22-11-19(30)12-24(29)23(22)16-38-26-7-5-6-21-25(10-17(2)33-28(21)26)36-14-20(31)13-32-36/h5-7,10-14,18H,4,8-9,15-16H2,1-3H3/t18-/m0/s1. The number of carbonyl (C=O) groups excluding carboxylic acids is 1. The van der Waals surface area contributed by atoms with Crippen LogP contribution in [0.1, 0.15) is 36.7 Å². The Morgan fingerprint density at radius 1 is 1.16 bits per heavy atom. The molecule has 3 heterocycles. The molecule has 38 heavy (non-hydrogen) atoms. The number of nitrogens with zero attached hydrogens (tertiary/aromatic N) is 5. The van der Waals surface area contributed by atoms with Crippen LogP contribution >= 0.6 is 11.6 Å². The second kappa shape index (κ2) is 10.7. The minimum atomic E-state index is -0.473. The minimum Gasteiger partial charge on any atom is -0.487 e. The Bertz CT molecular complexity index is 1510.